The van der Waals surface area contributed by atoms with Crippen molar-refractivity contribution < 1.29 is 8.78 Å². The lowest BCUT2D eigenvalue weighted by Crippen LogP contribution is -2.29. The van der Waals surface area contributed by atoms with E-state index >= 15 is 0 Å². The molecule has 1 unspecified atom stereocenters. The number of alkyl halides is 1. The molecule has 0 bridgehead atoms. The molecule has 3 heteroatoms. The van der Waals surface area contributed by atoms with E-state index in [2.05, 4.69) is 36.7 Å². The van der Waals surface area contributed by atoms with Gasteiger partial charge < -0.3 is 0 Å². The van der Waals surface area contributed by atoms with Crippen LogP contribution in [0.25, 0.3) is 0 Å². The van der Waals surface area contributed by atoms with E-state index in [9.17, 15) is 8.78 Å². The van der Waals surface area contributed by atoms with Gasteiger partial charge in [-0.1, -0.05) is 42.8 Å². The lowest BCUT2D eigenvalue weighted by Gasteiger charge is -2.38. The van der Waals surface area contributed by atoms with Crippen LogP contribution in [0, 0.1) is 28.9 Å². The van der Waals surface area contributed by atoms with Gasteiger partial charge in [-0.3, -0.25) is 0 Å². The second kappa shape index (κ2) is 6.76. The van der Waals surface area contributed by atoms with Crippen molar-refractivity contribution in [3.8, 4) is 0 Å². The summed E-state index contributed by atoms with van der Waals surface area (Å²) in [5.74, 6) is -0.0763. The van der Waals surface area contributed by atoms with Crippen LogP contribution < -0.4 is 0 Å². The minimum Gasteiger partial charge on any atom is -0.204 e. The van der Waals surface area contributed by atoms with Crippen LogP contribution in [0.3, 0.4) is 0 Å². The topological polar surface area (TPSA) is 0 Å². The Labute approximate surface area is 135 Å². The fraction of sp³-hybridized carbons (Fsp3) is 0.667. The zero-order valence-corrected chi connectivity index (χ0v) is 14.7. The van der Waals surface area contributed by atoms with Crippen LogP contribution in [-0.2, 0) is 6.42 Å². The molecule has 1 aromatic carbocycles. The van der Waals surface area contributed by atoms with Gasteiger partial charge in [0.2, 0.25) is 0 Å². The molecule has 0 amide bonds. The van der Waals surface area contributed by atoms with E-state index in [0.717, 1.165) is 17.9 Å². The van der Waals surface area contributed by atoms with Crippen LogP contribution >= 0.6 is 15.9 Å². The van der Waals surface area contributed by atoms with Crippen molar-refractivity contribution in [2.45, 2.75) is 57.7 Å². The van der Waals surface area contributed by atoms with Crippen molar-refractivity contribution in [2.24, 2.45) is 17.3 Å². The van der Waals surface area contributed by atoms with E-state index in [0.29, 0.717) is 16.2 Å². The van der Waals surface area contributed by atoms with Gasteiger partial charge in [-0.25, -0.2) is 8.78 Å². The number of benzene rings is 1. The molecule has 2 rings (SSSR count). The van der Waals surface area contributed by atoms with E-state index in [1.165, 1.54) is 37.8 Å². The Hall–Kier alpha value is -0.440. The van der Waals surface area contributed by atoms with Crippen LogP contribution in [0.4, 0.5) is 8.78 Å². The van der Waals surface area contributed by atoms with E-state index in [1.807, 2.05) is 0 Å². The summed E-state index contributed by atoms with van der Waals surface area (Å²) in [5, 5.41) is 0. The van der Waals surface area contributed by atoms with Crippen molar-refractivity contribution in [1.29, 1.82) is 0 Å². The highest BCUT2D eigenvalue weighted by atomic mass is 79.9. The lowest BCUT2D eigenvalue weighted by molar-refractivity contribution is 0.149. The van der Waals surface area contributed by atoms with Crippen molar-refractivity contribution in [3.63, 3.8) is 0 Å². The summed E-state index contributed by atoms with van der Waals surface area (Å²) in [4.78, 5) is 0.350. The summed E-state index contributed by atoms with van der Waals surface area (Å²) in [7, 11) is 0. The Kier molecular flexibility index (Phi) is 5.45. The third kappa shape index (κ3) is 4.51. The molecular weight excluding hydrogens is 334 g/mol. The molecule has 0 radical (unpaired) electrons. The zero-order chi connectivity index (χ0) is 15.6. The smallest absolute Gasteiger partial charge is 0.159 e. The van der Waals surface area contributed by atoms with Gasteiger partial charge in [0.15, 0.2) is 11.6 Å². The third-order valence-corrected chi connectivity index (χ3v) is 5.99. The second-order valence-electron chi connectivity index (χ2n) is 7.45. The van der Waals surface area contributed by atoms with Gasteiger partial charge in [0.05, 0.1) is 0 Å². The molecule has 1 fully saturated rings. The molecule has 21 heavy (non-hydrogen) atoms. The van der Waals surface area contributed by atoms with E-state index in [4.69, 9.17) is 0 Å². The van der Waals surface area contributed by atoms with E-state index < -0.39 is 11.6 Å². The average Bonchev–Trinajstić information content (AvgIpc) is 2.42. The van der Waals surface area contributed by atoms with Gasteiger partial charge in [-0.05, 0) is 67.1 Å². The molecule has 0 saturated heterocycles. The predicted octanol–water partition coefficient (Wildman–Crippen LogP) is 6.12. The molecule has 0 aliphatic heterocycles. The van der Waals surface area contributed by atoms with Gasteiger partial charge >= 0.3 is 0 Å². The molecule has 1 atom stereocenters. The standard InChI is InChI=1S/C18H25BrF2/c1-18(2,3)14-7-5-13(6-8-14)15(19)10-12-4-9-16(20)17(21)11-12/h4,9,11,13-15H,5-8,10H2,1-3H3. The van der Waals surface area contributed by atoms with Gasteiger partial charge in [-0.2, -0.15) is 0 Å². The summed E-state index contributed by atoms with van der Waals surface area (Å²) in [5.41, 5.74) is 1.26. The van der Waals surface area contributed by atoms with Gasteiger partial charge in [0.25, 0.3) is 0 Å². The normalized spacial score (nSPS) is 24.9. The maximum atomic E-state index is 13.3. The Balaban J connectivity index is 1.90. The first-order valence-corrected chi connectivity index (χ1v) is 8.77. The molecule has 118 valence electrons. The van der Waals surface area contributed by atoms with Crippen molar-refractivity contribution in [2.75, 3.05) is 0 Å². The Morgan fingerprint density at radius 1 is 1.10 bits per heavy atom. The first-order chi connectivity index (χ1) is 9.77. The molecule has 1 aromatic rings. The molecule has 1 aliphatic carbocycles. The second-order valence-corrected chi connectivity index (χ2v) is 8.62. The third-order valence-electron chi connectivity index (χ3n) is 4.92. The minimum absolute atomic E-state index is 0.350. The van der Waals surface area contributed by atoms with Gasteiger partial charge in [0.1, 0.15) is 0 Å². The maximum absolute atomic E-state index is 13.3. The first-order valence-electron chi connectivity index (χ1n) is 7.85. The van der Waals surface area contributed by atoms with Crippen LogP contribution in [0.15, 0.2) is 18.2 Å². The SMILES string of the molecule is CC(C)(C)C1CCC(C(Br)Cc2ccc(F)c(F)c2)CC1. The molecule has 0 heterocycles. The minimum atomic E-state index is -0.768. The Morgan fingerprint density at radius 2 is 1.71 bits per heavy atom. The quantitative estimate of drug-likeness (QED) is 0.570. The molecule has 0 spiro atoms. The summed E-state index contributed by atoms with van der Waals surface area (Å²) in [6.45, 7) is 6.97. The fourth-order valence-corrected chi connectivity index (χ4v) is 4.31. The average molecular weight is 359 g/mol. The molecule has 0 nitrogen and oxygen atoms in total. The summed E-state index contributed by atoms with van der Waals surface area (Å²) in [6, 6.07) is 4.23. The number of hydrogen-bond donors (Lipinski definition) is 0. The van der Waals surface area contributed by atoms with Crippen LogP contribution in [0.5, 0.6) is 0 Å². The predicted molar refractivity (Wildman–Crippen MR) is 87.7 cm³/mol. The first kappa shape index (κ1) is 16.9. The van der Waals surface area contributed by atoms with Gasteiger partial charge in [0, 0.05) is 4.83 Å². The largest absolute Gasteiger partial charge is 0.204 e. The van der Waals surface area contributed by atoms with E-state index in [-0.39, 0.29) is 0 Å². The Bertz CT molecular complexity index is 471. The number of halogens is 3. The van der Waals surface area contributed by atoms with Crippen molar-refractivity contribution in [1.82, 2.24) is 0 Å². The van der Waals surface area contributed by atoms with Gasteiger partial charge in [-0.15, -0.1) is 0 Å². The lowest BCUT2D eigenvalue weighted by atomic mass is 9.69. The molecule has 1 aliphatic rings. The molecule has 1 saturated carbocycles. The maximum Gasteiger partial charge on any atom is 0.159 e. The van der Waals surface area contributed by atoms with E-state index in [1.54, 1.807) is 6.07 Å². The summed E-state index contributed by atoms with van der Waals surface area (Å²) < 4.78 is 26.2. The Morgan fingerprint density at radius 3 is 2.24 bits per heavy atom. The van der Waals surface area contributed by atoms with Crippen LogP contribution in [0.1, 0.15) is 52.0 Å². The molecular formula is C18H25BrF2. The summed E-state index contributed by atoms with van der Waals surface area (Å²) in [6.07, 6.45) is 5.76. The zero-order valence-electron chi connectivity index (χ0n) is 13.1. The number of rotatable bonds is 3. The molecule has 0 aromatic heterocycles. The van der Waals surface area contributed by atoms with Crippen molar-refractivity contribution in [3.05, 3.63) is 35.4 Å². The van der Waals surface area contributed by atoms with Crippen LogP contribution in [0.2, 0.25) is 0 Å². The summed E-state index contributed by atoms with van der Waals surface area (Å²) >= 11 is 3.77. The molecule has 0 N–H and O–H groups in total. The highest BCUT2D eigenvalue weighted by Gasteiger charge is 2.32. The highest BCUT2D eigenvalue weighted by molar-refractivity contribution is 9.09. The highest BCUT2D eigenvalue weighted by Crippen LogP contribution is 2.42. The van der Waals surface area contributed by atoms with Crippen LogP contribution in [-0.4, -0.2) is 4.83 Å². The fourth-order valence-electron chi connectivity index (χ4n) is 3.41. The monoisotopic (exact) mass is 358 g/mol. The number of hydrogen-bond acceptors (Lipinski definition) is 0. The van der Waals surface area contributed by atoms with Crippen molar-refractivity contribution >= 4 is 15.9 Å².